The van der Waals surface area contributed by atoms with Crippen LogP contribution in [0.5, 0.6) is 0 Å². The minimum Gasteiger partial charge on any atom is -0.394 e. The number of hydrogen-bond acceptors (Lipinski definition) is 16. The minimum atomic E-state index is -2.03. The van der Waals surface area contributed by atoms with Crippen molar-refractivity contribution in [2.24, 2.45) is 0 Å². The third-order valence-corrected chi connectivity index (χ3v) is 5.70. The van der Waals surface area contributed by atoms with Gasteiger partial charge < -0.3 is 80.2 Å². The summed E-state index contributed by atoms with van der Waals surface area (Å²) in [5.74, 6) is 0. The Bertz CT molecular complexity index is 544. The predicted octanol–water partition coefficient (Wildman–Crippen LogP) is -7.94. The molecule has 202 valence electrons. The van der Waals surface area contributed by atoms with Gasteiger partial charge in [-0.2, -0.15) is 0 Å². The Kier molecular flexibility index (Phi) is 11.4. The van der Waals surface area contributed by atoms with Crippen LogP contribution in [0.3, 0.4) is 0 Å². The zero-order chi connectivity index (χ0) is 25.7. The van der Waals surface area contributed by atoms with E-state index in [1.807, 2.05) is 0 Å². The van der Waals surface area contributed by atoms with Crippen LogP contribution in [-0.4, -0.2) is 174 Å². The molecule has 2 rings (SSSR count). The third-order valence-electron chi connectivity index (χ3n) is 5.70. The first-order valence-electron chi connectivity index (χ1n) is 10.5. The summed E-state index contributed by atoms with van der Waals surface area (Å²) in [5.41, 5.74) is 0. The van der Waals surface area contributed by atoms with Crippen LogP contribution in [0.25, 0.3) is 0 Å². The first-order valence-corrected chi connectivity index (χ1v) is 10.5. The molecule has 16 nitrogen and oxygen atoms in total. The molecule has 0 aliphatic carbocycles. The van der Waals surface area contributed by atoms with Crippen molar-refractivity contribution >= 4 is 0 Å². The molecule has 0 aromatic heterocycles. The molecule has 0 amide bonds. The van der Waals surface area contributed by atoms with Crippen LogP contribution in [0.15, 0.2) is 0 Å². The highest BCUT2D eigenvalue weighted by atomic mass is 16.7. The maximum absolute atomic E-state index is 10.1. The zero-order valence-electron chi connectivity index (χ0n) is 17.9. The van der Waals surface area contributed by atoms with Gasteiger partial charge in [0.25, 0.3) is 0 Å². The van der Waals surface area contributed by atoms with Crippen molar-refractivity contribution in [3.8, 4) is 0 Å². The molecule has 2 aliphatic rings. The number of aliphatic hydroxyl groups is 12. The Morgan fingerprint density at radius 1 is 0.529 bits per heavy atom. The number of hydrogen-bond donors (Lipinski definition) is 12. The zero-order valence-corrected chi connectivity index (χ0v) is 17.9. The fraction of sp³-hybridized carbons (Fsp3) is 1.00. The van der Waals surface area contributed by atoms with Gasteiger partial charge in [-0.3, -0.25) is 0 Å². The van der Waals surface area contributed by atoms with E-state index >= 15 is 0 Å². The van der Waals surface area contributed by atoms with E-state index in [0.717, 1.165) is 0 Å². The molecule has 0 aromatic carbocycles. The summed E-state index contributed by atoms with van der Waals surface area (Å²) < 4.78 is 20.3. The molecule has 0 aromatic rings. The first-order chi connectivity index (χ1) is 15.9. The molecule has 0 unspecified atom stereocenters. The summed E-state index contributed by atoms with van der Waals surface area (Å²) in [6.07, 6.45) is -23.8. The lowest BCUT2D eigenvalue weighted by molar-refractivity contribution is -0.309. The second kappa shape index (κ2) is 13.1. The Hall–Kier alpha value is -0.640. The third kappa shape index (κ3) is 6.77. The molecular weight excluding hydrogens is 472 g/mol. The maximum Gasteiger partial charge on any atom is 0.186 e. The molecule has 14 atom stereocenters. The van der Waals surface area contributed by atoms with Crippen LogP contribution in [0.1, 0.15) is 0 Å². The highest BCUT2D eigenvalue weighted by molar-refractivity contribution is 4.90. The number of aliphatic hydroxyl groups excluding tert-OH is 12. The van der Waals surface area contributed by atoms with Gasteiger partial charge in [-0.1, -0.05) is 0 Å². The summed E-state index contributed by atoms with van der Waals surface area (Å²) in [4.78, 5) is 0. The maximum atomic E-state index is 10.1. The predicted molar refractivity (Wildman–Crippen MR) is 103 cm³/mol. The molecule has 0 spiro atoms. The minimum absolute atomic E-state index is 0.713. The van der Waals surface area contributed by atoms with E-state index in [2.05, 4.69) is 0 Å². The summed E-state index contributed by atoms with van der Waals surface area (Å²) in [6.45, 7) is -2.98. The smallest absolute Gasteiger partial charge is 0.186 e. The lowest BCUT2D eigenvalue weighted by Gasteiger charge is -2.40. The second-order valence-electron chi connectivity index (χ2n) is 8.18. The average molecular weight is 506 g/mol. The van der Waals surface area contributed by atoms with E-state index in [9.17, 15) is 51.1 Å². The number of ether oxygens (including phenoxy) is 4. The Morgan fingerprint density at radius 2 is 0.853 bits per heavy atom. The Morgan fingerprint density at radius 3 is 1.15 bits per heavy atom. The van der Waals surface area contributed by atoms with Gasteiger partial charge in [0.2, 0.25) is 0 Å². The normalized spacial score (nSPS) is 42.7. The van der Waals surface area contributed by atoms with Crippen LogP contribution < -0.4 is 0 Å². The SMILES string of the molecule is OC[C@H]1O[C@H](OC[C@@H](O)[C@@H](O)[C@H](O)[C@H](O)CO[C@@H]2O[C@H](CO)[C@@H](O)[C@H](O)[C@H]2O)[C@H](O)[C@@H](O)[C@H]1O. The topological polar surface area (TPSA) is 280 Å². The standard InChI is InChI=1S/C18H34O16/c19-1-7-11(25)13(27)15(29)17(33-7)31-3-5(21)9(23)10(24)6(22)4-32-18-16(30)14(28)12(26)8(2-20)34-18/h5-30H,1-4H2/t5-,6-,7-,8-,9-,10-,11-,12+,13+,14+,15-,16-,17-,18+/m1/s1. The van der Waals surface area contributed by atoms with E-state index in [1.165, 1.54) is 0 Å². The fourth-order valence-corrected chi connectivity index (χ4v) is 3.45. The molecule has 2 saturated heterocycles. The highest BCUT2D eigenvalue weighted by Gasteiger charge is 2.46. The van der Waals surface area contributed by atoms with Crippen molar-refractivity contribution in [1.29, 1.82) is 0 Å². The Labute approximate surface area is 193 Å². The first kappa shape index (κ1) is 29.6. The average Bonchev–Trinajstić information content (AvgIpc) is 2.83. The van der Waals surface area contributed by atoms with Gasteiger partial charge in [0.15, 0.2) is 12.6 Å². The summed E-state index contributed by atoms with van der Waals surface area (Å²) in [6, 6.07) is 0. The molecule has 2 heterocycles. The van der Waals surface area contributed by atoms with Gasteiger partial charge in [0.1, 0.15) is 73.2 Å². The van der Waals surface area contributed by atoms with Crippen LogP contribution in [0, 0.1) is 0 Å². The molecule has 0 saturated carbocycles. The molecule has 12 N–H and O–H groups in total. The van der Waals surface area contributed by atoms with Crippen molar-refractivity contribution in [2.75, 3.05) is 26.4 Å². The lowest BCUT2D eigenvalue weighted by Crippen LogP contribution is -2.60. The number of rotatable bonds is 11. The molecule has 34 heavy (non-hydrogen) atoms. The van der Waals surface area contributed by atoms with Crippen molar-refractivity contribution in [2.45, 2.75) is 85.8 Å². The van der Waals surface area contributed by atoms with Crippen molar-refractivity contribution in [1.82, 2.24) is 0 Å². The molecule has 2 fully saturated rings. The van der Waals surface area contributed by atoms with Gasteiger partial charge in [0.05, 0.1) is 26.4 Å². The van der Waals surface area contributed by atoms with Gasteiger partial charge in [-0.25, -0.2) is 0 Å². The largest absolute Gasteiger partial charge is 0.394 e. The van der Waals surface area contributed by atoms with Gasteiger partial charge in [-0.05, 0) is 0 Å². The summed E-state index contributed by atoms with van der Waals surface area (Å²) in [5, 5.41) is 117. The van der Waals surface area contributed by atoms with E-state index in [1.54, 1.807) is 0 Å². The van der Waals surface area contributed by atoms with Gasteiger partial charge >= 0.3 is 0 Å². The quantitative estimate of drug-likeness (QED) is 0.124. The van der Waals surface area contributed by atoms with Crippen LogP contribution >= 0.6 is 0 Å². The van der Waals surface area contributed by atoms with Gasteiger partial charge in [-0.15, -0.1) is 0 Å². The van der Waals surface area contributed by atoms with Crippen molar-refractivity contribution < 1.29 is 80.2 Å². The molecule has 0 radical (unpaired) electrons. The Balaban J connectivity index is 1.84. The van der Waals surface area contributed by atoms with E-state index in [-0.39, 0.29) is 0 Å². The molecule has 16 heteroatoms. The van der Waals surface area contributed by atoms with Crippen LogP contribution in [0.2, 0.25) is 0 Å². The molecular formula is C18H34O16. The fourth-order valence-electron chi connectivity index (χ4n) is 3.45. The highest BCUT2D eigenvalue weighted by Crippen LogP contribution is 2.24. The monoisotopic (exact) mass is 506 g/mol. The van der Waals surface area contributed by atoms with Crippen molar-refractivity contribution in [3.63, 3.8) is 0 Å². The second-order valence-corrected chi connectivity index (χ2v) is 8.18. The van der Waals surface area contributed by atoms with Crippen LogP contribution in [0.4, 0.5) is 0 Å². The summed E-state index contributed by atoms with van der Waals surface area (Å²) >= 11 is 0. The lowest BCUT2D eigenvalue weighted by atomic mass is 9.99. The van der Waals surface area contributed by atoms with Crippen molar-refractivity contribution in [3.05, 3.63) is 0 Å². The summed E-state index contributed by atoms with van der Waals surface area (Å²) in [7, 11) is 0. The van der Waals surface area contributed by atoms with Crippen LogP contribution in [-0.2, 0) is 18.9 Å². The van der Waals surface area contributed by atoms with E-state index in [0.29, 0.717) is 0 Å². The molecule has 0 bridgehead atoms. The molecule has 2 aliphatic heterocycles. The van der Waals surface area contributed by atoms with Gasteiger partial charge in [0, 0.05) is 0 Å². The van der Waals surface area contributed by atoms with E-state index in [4.69, 9.17) is 29.2 Å². The van der Waals surface area contributed by atoms with E-state index < -0.39 is 112 Å².